The van der Waals surface area contributed by atoms with E-state index >= 15 is 0 Å². The summed E-state index contributed by atoms with van der Waals surface area (Å²) in [5.74, 6) is 2.68. The lowest BCUT2D eigenvalue weighted by Gasteiger charge is -2.07. The van der Waals surface area contributed by atoms with Crippen LogP contribution in [0.2, 0.25) is 0 Å². The maximum atomic E-state index is 4.49. The number of fused-ring (bicyclic) bond motifs is 1. The van der Waals surface area contributed by atoms with Crippen LogP contribution >= 0.6 is 0 Å². The molecule has 1 aliphatic carbocycles. The fourth-order valence-corrected chi connectivity index (χ4v) is 2.91. The smallest absolute Gasteiger partial charge is 0.224 e. The largest absolute Gasteiger partial charge is 0.350 e. The van der Waals surface area contributed by atoms with E-state index in [0.29, 0.717) is 24.2 Å². The normalized spacial score (nSPS) is 13.8. The Hall–Kier alpha value is -3.42. The summed E-state index contributed by atoms with van der Waals surface area (Å²) in [7, 11) is 0. The molecule has 5 rings (SSSR count). The van der Waals surface area contributed by atoms with Crippen molar-refractivity contribution in [1.82, 2.24) is 30.1 Å². The molecule has 1 fully saturated rings. The van der Waals surface area contributed by atoms with Gasteiger partial charge in [0.2, 0.25) is 5.95 Å². The van der Waals surface area contributed by atoms with Gasteiger partial charge in [-0.05, 0) is 36.6 Å². The van der Waals surface area contributed by atoms with Crippen molar-refractivity contribution in [3.05, 3.63) is 54.1 Å². The van der Waals surface area contributed by atoms with Crippen LogP contribution in [0.15, 0.2) is 42.9 Å². The van der Waals surface area contributed by atoms with Gasteiger partial charge in [-0.15, -0.1) is 0 Å². The molecule has 0 bridgehead atoms. The van der Waals surface area contributed by atoms with E-state index in [2.05, 4.69) is 46.8 Å². The summed E-state index contributed by atoms with van der Waals surface area (Å²) in [6.45, 7) is 0.603. The number of nitrogens with zero attached hydrogens (tertiary/aromatic N) is 4. The Morgan fingerprint density at radius 3 is 3.00 bits per heavy atom. The van der Waals surface area contributed by atoms with Gasteiger partial charge in [0, 0.05) is 48.2 Å². The molecule has 0 aromatic carbocycles. The molecule has 0 aliphatic heterocycles. The first-order valence-corrected chi connectivity index (χ1v) is 8.65. The van der Waals surface area contributed by atoms with E-state index in [1.54, 1.807) is 6.20 Å². The highest BCUT2D eigenvalue weighted by Gasteiger charge is 2.25. The third-order valence-corrected chi connectivity index (χ3v) is 4.43. The van der Waals surface area contributed by atoms with Gasteiger partial charge in [-0.1, -0.05) is 0 Å². The van der Waals surface area contributed by atoms with Gasteiger partial charge in [-0.3, -0.25) is 5.10 Å². The maximum Gasteiger partial charge on any atom is 0.224 e. The maximum absolute atomic E-state index is 4.49. The minimum absolute atomic E-state index is 0.558. The van der Waals surface area contributed by atoms with Crippen LogP contribution in [0.25, 0.3) is 11.0 Å². The van der Waals surface area contributed by atoms with Gasteiger partial charge < -0.3 is 15.6 Å². The zero-order chi connectivity index (χ0) is 17.3. The zero-order valence-electron chi connectivity index (χ0n) is 14.0. The molecule has 0 atom stereocenters. The second-order valence-corrected chi connectivity index (χ2v) is 6.49. The highest BCUT2D eigenvalue weighted by Crippen LogP contribution is 2.39. The lowest BCUT2D eigenvalue weighted by Crippen LogP contribution is -2.05. The van der Waals surface area contributed by atoms with Crippen molar-refractivity contribution < 1.29 is 0 Å². The standard InChI is InChI=1S/C18H18N8/c1-2-12(1)14-8-16(26-25-14)23-15-4-6-20-18(24-15)22-10-11-7-13-3-5-19-17(13)21-9-11/h3-9,12H,1-2,10H2,(H,19,21)(H3,20,22,23,24,25,26). The summed E-state index contributed by atoms with van der Waals surface area (Å²) in [6, 6.07) is 7.97. The van der Waals surface area contributed by atoms with Gasteiger partial charge >= 0.3 is 0 Å². The molecule has 8 heteroatoms. The Morgan fingerprint density at radius 1 is 1.12 bits per heavy atom. The molecule has 4 aromatic heterocycles. The summed E-state index contributed by atoms with van der Waals surface area (Å²) < 4.78 is 0. The van der Waals surface area contributed by atoms with E-state index in [1.165, 1.54) is 18.5 Å². The molecule has 1 aliphatic rings. The molecule has 0 saturated heterocycles. The number of hydrogen-bond donors (Lipinski definition) is 4. The summed E-state index contributed by atoms with van der Waals surface area (Å²) in [4.78, 5) is 16.2. The number of hydrogen-bond acceptors (Lipinski definition) is 6. The first-order valence-electron chi connectivity index (χ1n) is 8.65. The highest BCUT2D eigenvalue weighted by atomic mass is 15.2. The summed E-state index contributed by atoms with van der Waals surface area (Å²) in [5.41, 5.74) is 3.15. The number of aromatic amines is 2. The fourth-order valence-electron chi connectivity index (χ4n) is 2.91. The molecule has 1 saturated carbocycles. The molecule has 4 heterocycles. The van der Waals surface area contributed by atoms with Crippen molar-refractivity contribution in [1.29, 1.82) is 0 Å². The molecule has 0 amide bonds. The van der Waals surface area contributed by atoms with Crippen molar-refractivity contribution in [2.24, 2.45) is 0 Å². The molecule has 0 unspecified atom stereocenters. The highest BCUT2D eigenvalue weighted by molar-refractivity contribution is 5.75. The first-order chi connectivity index (χ1) is 12.8. The minimum Gasteiger partial charge on any atom is -0.350 e. The molecule has 4 N–H and O–H groups in total. The number of nitrogens with one attached hydrogen (secondary N) is 4. The van der Waals surface area contributed by atoms with Gasteiger partial charge in [0.15, 0.2) is 5.82 Å². The Labute approximate surface area is 149 Å². The van der Waals surface area contributed by atoms with E-state index < -0.39 is 0 Å². The summed E-state index contributed by atoms with van der Waals surface area (Å²) >= 11 is 0. The first kappa shape index (κ1) is 14.9. The predicted octanol–water partition coefficient (Wildman–Crippen LogP) is 3.31. The Bertz CT molecular complexity index is 1050. The second kappa shape index (κ2) is 6.14. The number of anilines is 3. The number of rotatable bonds is 6. The topological polar surface area (TPSA) is 107 Å². The van der Waals surface area contributed by atoms with E-state index in [-0.39, 0.29) is 0 Å². The van der Waals surface area contributed by atoms with Crippen LogP contribution in [0.5, 0.6) is 0 Å². The lowest BCUT2D eigenvalue weighted by molar-refractivity contribution is 0.966. The van der Waals surface area contributed by atoms with Crippen molar-refractivity contribution in [2.45, 2.75) is 25.3 Å². The van der Waals surface area contributed by atoms with E-state index in [4.69, 9.17) is 0 Å². The zero-order valence-corrected chi connectivity index (χ0v) is 14.0. The number of H-pyrrole nitrogens is 2. The Kier molecular flexibility index (Phi) is 3.52. The molecule has 8 nitrogen and oxygen atoms in total. The third-order valence-electron chi connectivity index (χ3n) is 4.43. The van der Waals surface area contributed by atoms with Crippen molar-refractivity contribution in [3.8, 4) is 0 Å². The van der Waals surface area contributed by atoms with Crippen LogP contribution < -0.4 is 10.6 Å². The molecular formula is C18H18N8. The summed E-state index contributed by atoms with van der Waals surface area (Å²) in [6.07, 6.45) is 7.94. The van der Waals surface area contributed by atoms with Gasteiger partial charge in [-0.2, -0.15) is 10.1 Å². The summed E-state index contributed by atoms with van der Waals surface area (Å²) in [5, 5.41) is 14.9. The average Bonchev–Trinajstić information content (AvgIpc) is 3.23. The molecule has 4 aromatic rings. The minimum atomic E-state index is 0.558. The molecule has 0 radical (unpaired) electrons. The second-order valence-electron chi connectivity index (χ2n) is 6.49. The monoisotopic (exact) mass is 346 g/mol. The average molecular weight is 346 g/mol. The van der Waals surface area contributed by atoms with Crippen LogP contribution in [0, 0.1) is 0 Å². The van der Waals surface area contributed by atoms with Crippen molar-refractivity contribution in [3.63, 3.8) is 0 Å². The van der Waals surface area contributed by atoms with Gasteiger partial charge in [0.05, 0.1) is 0 Å². The molecule has 130 valence electrons. The predicted molar refractivity (Wildman–Crippen MR) is 99.3 cm³/mol. The van der Waals surface area contributed by atoms with Crippen LogP contribution in [-0.2, 0) is 6.54 Å². The van der Waals surface area contributed by atoms with Crippen LogP contribution in [0.3, 0.4) is 0 Å². The van der Waals surface area contributed by atoms with Crippen LogP contribution in [0.1, 0.15) is 30.0 Å². The SMILES string of the molecule is c1cc(Nc2cc(C3CC3)[nH]n2)nc(NCc2cnc3[nH]ccc3c2)n1. The Balaban J connectivity index is 1.26. The van der Waals surface area contributed by atoms with E-state index in [9.17, 15) is 0 Å². The quantitative estimate of drug-likeness (QED) is 0.427. The van der Waals surface area contributed by atoms with Gasteiger partial charge in [0.1, 0.15) is 11.5 Å². The molecular weight excluding hydrogens is 328 g/mol. The van der Waals surface area contributed by atoms with Gasteiger partial charge in [-0.25, -0.2) is 9.97 Å². The van der Waals surface area contributed by atoms with Crippen LogP contribution in [0.4, 0.5) is 17.6 Å². The van der Waals surface area contributed by atoms with Crippen LogP contribution in [-0.4, -0.2) is 30.1 Å². The van der Waals surface area contributed by atoms with E-state index in [1.807, 2.05) is 30.6 Å². The lowest BCUT2D eigenvalue weighted by atomic mass is 10.2. The van der Waals surface area contributed by atoms with Crippen molar-refractivity contribution in [2.75, 3.05) is 10.6 Å². The van der Waals surface area contributed by atoms with E-state index in [0.717, 1.165) is 22.4 Å². The van der Waals surface area contributed by atoms with Gasteiger partial charge in [0.25, 0.3) is 0 Å². The molecule has 26 heavy (non-hydrogen) atoms. The number of aromatic nitrogens is 6. The Morgan fingerprint density at radius 2 is 2.08 bits per heavy atom. The fraction of sp³-hybridized carbons (Fsp3) is 0.222. The number of pyridine rings is 1. The molecule has 0 spiro atoms. The van der Waals surface area contributed by atoms with Crippen molar-refractivity contribution >= 4 is 28.6 Å². The third kappa shape index (κ3) is 3.08.